The molecule has 2 aliphatic rings. The van der Waals surface area contributed by atoms with E-state index in [9.17, 15) is 18.4 Å². The van der Waals surface area contributed by atoms with Gasteiger partial charge in [-0.3, -0.25) is 14.9 Å². The molecule has 2 atom stereocenters. The summed E-state index contributed by atoms with van der Waals surface area (Å²) in [6.45, 7) is 3.89. The van der Waals surface area contributed by atoms with Crippen LogP contribution in [0.25, 0.3) is 0 Å². The SMILES string of the molecule is CCOC(=O)[C@@H]1C(=O)NC(N2CCN(c3ccccc3F)CC2)=N[C@H]1c1ccc(F)cc1. The minimum absolute atomic E-state index is 0.132. The number of esters is 1. The molecule has 2 aromatic carbocycles. The topological polar surface area (TPSA) is 74.2 Å². The van der Waals surface area contributed by atoms with E-state index in [1.165, 1.54) is 30.3 Å². The number of rotatable bonds is 4. The molecule has 9 heteroatoms. The molecule has 2 heterocycles. The van der Waals surface area contributed by atoms with E-state index in [0.717, 1.165) is 0 Å². The van der Waals surface area contributed by atoms with Crippen LogP contribution in [0, 0.1) is 17.6 Å². The Kier molecular flexibility index (Phi) is 6.34. The van der Waals surface area contributed by atoms with E-state index in [4.69, 9.17) is 4.74 Å². The lowest BCUT2D eigenvalue weighted by atomic mass is 9.91. The summed E-state index contributed by atoms with van der Waals surface area (Å²) in [6, 6.07) is 11.3. The van der Waals surface area contributed by atoms with Crippen LogP contribution in [0.4, 0.5) is 14.5 Å². The molecule has 7 nitrogen and oxygen atoms in total. The Balaban J connectivity index is 1.56. The standard InChI is InChI=1S/C23H24F2N4O3/c1-2-32-22(31)19-20(15-7-9-16(24)10-8-15)26-23(27-21(19)30)29-13-11-28(12-14-29)18-6-4-3-5-17(18)25/h3-10,19-20H,2,11-14H2,1H3,(H,26,27,30)/t19-,20-/m0/s1. The summed E-state index contributed by atoms with van der Waals surface area (Å²) in [5.74, 6) is -2.71. The molecule has 0 aliphatic carbocycles. The van der Waals surface area contributed by atoms with E-state index >= 15 is 0 Å². The number of para-hydroxylation sites is 1. The zero-order chi connectivity index (χ0) is 22.7. The van der Waals surface area contributed by atoms with Crippen molar-refractivity contribution in [3.8, 4) is 0 Å². The molecule has 0 unspecified atom stereocenters. The number of aliphatic imine (C=N–C) groups is 1. The van der Waals surface area contributed by atoms with E-state index in [1.807, 2.05) is 9.80 Å². The van der Waals surface area contributed by atoms with Crippen LogP contribution in [0.3, 0.4) is 0 Å². The van der Waals surface area contributed by atoms with Crippen molar-refractivity contribution >= 4 is 23.5 Å². The van der Waals surface area contributed by atoms with E-state index in [2.05, 4.69) is 10.3 Å². The Hall–Kier alpha value is -3.49. The zero-order valence-electron chi connectivity index (χ0n) is 17.6. The third kappa shape index (κ3) is 4.42. The highest BCUT2D eigenvalue weighted by Gasteiger charge is 2.42. The third-order valence-electron chi connectivity index (χ3n) is 5.62. The number of benzene rings is 2. The largest absolute Gasteiger partial charge is 0.465 e. The molecule has 0 saturated carbocycles. The molecule has 1 N–H and O–H groups in total. The van der Waals surface area contributed by atoms with Crippen molar-refractivity contribution in [2.75, 3.05) is 37.7 Å². The number of anilines is 1. The number of nitrogens with one attached hydrogen (secondary N) is 1. The lowest BCUT2D eigenvalue weighted by molar-refractivity contribution is -0.153. The number of halogens is 2. The quantitative estimate of drug-likeness (QED) is 0.582. The van der Waals surface area contributed by atoms with Gasteiger partial charge >= 0.3 is 5.97 Å². The van der Waals surface area contributed by atoms with E-state index in [-0.39, 0.29) is 12.4 Å². The third-order valence-corrected chi connectivity index (χ3v) is 5.62. The van der Waals surface area contributed by atoms with Crippen LogP contribution in [-0.4, -0.2) is 55.5 Å². The molecule has 0 radical (unpaired) electrons. The van der Waals surface area contributed by atoms with Gasteiger partial charge in [-0.2, -0.15) is 0 Å². The Morgan fingerprint density at radius 2 is 1.72 bits per heavy atom. The lowest BCUT2D eigenvalue weighted by Gasteiger charge is -2.39. The molecule has 32 heavy (non-hydrogen) atoms. The number of nitrogens with zero attached hydrogens (tertiary/aromatic N) is 3. The number of hydrogen-bond acceptors (Lipinski definition) is 6. The first-order chi connectivity index (χ1) is 15.5. The van der Waals surface area contributed by atoms with Gasteiger partial charge in [-0.25, -0.2) is 13.8 Å². The van der Waals surface area contributed by atoms with Crippen molar-refractivity contribution in [3.63, 3.8) is 0 Å². The molecule has 2 aromatic rings. The second-order valence-corrected chi connectivity index (χ2v) is 7.59. The van der Waals surface area contributed by atoms with Gasteiger partial charge in [-0.15, -0.1) is 0 Å². The van der Waals surface area contributed by atoms with Crippen LogP contribution in [0.5, 0.6) is 0 Å². The van der Waals surface area contributed by atoms with Gasteiger partial charge in [0, 0.05) is 26.2 Å². The molecule has 1 fully saturated rings. The van der Waals surface area contributed by atoms with Gasteiger partial charge in [0.25, 0.3) is 0 Å². The summed E-state index contributed by atoms with van der Waals surface area (Å²) in [7, 11) is 0. The van der Waals surface area contributed by atoms with Crippen molar-refractivity contribution in [2.45, 2.75) is 13.0 Å². The van der Waals surface area contributed by atoms with Crippen molar-refractivity contribution in [3.05, 3.63) is 65.7 Å². The lowest BCUT2D eigenvalue weighted by Crippen LogP contribution is -2.57. The van der Waals surface area contributed by atoms with E-state index in [0.29, 0.717) is 43.4 Å². The maximum absolute atomic E-state index is 14.1. The van der Waals surface area contributed by atoms with Crippen LogP contribution < -0.4 is 10.2 Å². The number of amides is 1. The number of piperazine rings is 1. The predicted molar refractivity (Wildman–Crippen MR) is 115 cm³/mol. The van der Waals surface area contributed by atoms with Crippen LogP contribution in [0.15, 0.2) is 53.5 Å². The highest BCUT2D eigenvalue weighted by Crippen LogP contribution is 2.31. The fraction of sp³-hybridized carbons (Fsp3) is 0.348. The number of hydrogen-bond donors (Lipinski definition) is 1. The van der Waals surface area contributed by atoms with Gasteiger partial charge < -0.3 is 14.5 Å². The summed E-state index contributed by atoms with van der Waals surface area (Å²) in [6.07, 6.45) is 0. The average molecular weight is 442 g/mol. The minimum Gasteiger partial charge on any atom is -0.465 e. The second-order valence-electron chi connectivity index (χ2n) is 7.59. The fourth-order valence-electron chi connectivity index (χ4n) is 3.99. The summed E-state index contributed by atoms with van der Waals surface area (Å²) in [5, 5.41) is 2.72. The Labute approximate surface area is 184 Å². The fourth-order valence-corrected chi connectivity index (χ4v) is 3.99. The molecular formula is C23H24F2N4O3. The highest BCUT2D eigenvalue weighted by molar-refractivity contribution is 6.08. The van der Waals surface area contributed by atoms with Crippen LogP contribution >= 0.6 is 0 Å². The van der Waals surface area contributed by atoms with Crippen LogP contribution in [-0.2, 0) is 14.3 Å². The molecule has 0 aromatic heterocycles. The minimum atomic E-state index is -1.16. The molecule has 1 amide bonds. The van der Waals surface area contributed by atoms with E-state index in [1.54, 1.807) is 25.1 Å². The predicted octanol–water partition coefficient (Wildman–Crippen LogP) is 2.49. The van der Waals surface area contributed by atoms with Crippen molar-refractivity contribution in [2.24, 2.45) is 10.9 Å². The maximum Gasteiger partial charge on any atom is 0.321 e. The molecule has 0 bridgehead atoms. The Morgan fingerprint density at radius 1 is 1.06 bits per heavy atom. The van der Waals surface area contributed by atoms with Crippen molar-refractivity contribution in [1.29, 1.82) is 0 Å². The molecule has 1 saturated heterocycles. The molecule has 168 valence electrons. The summed E-state index contributed by atoms with van der Waals surface area (Å²) < 4.78 is 32.6. The molecule has 0 spiro atoms. The van der Waals surface area contributed by atoms with E-state index < -0.39 is 29.7 Å². The molecule has 4 rings (SSSR count). The first-order valence-electron chi connectivity index (χ1n) is 10.5. The van der Waals surface area contributed by atoms with Gasteiger partial charge in [0.1, 0.15) is 17.7 Å². The zero-order valence-corrected chi connectivity index (χ0v) is 17.6. The summed E-state index contributed by atoms with van der Waals surface area (Å²) in [5.41, 5.74) is 1.08. The second kappa shape index (κ2) is 9.33. The number of guanidine groups is 1. The van der Waals surface area contributed by atoms with Gasteiger partial charge in [0.2, 0.25) is 11.9 Å². The van der Waals surface area contributed by atoms with Gasteiger partial charge in [0.15, 0.2) is 5.92 Å². The van der Waals surface area contributed by atoms with Gasteiger partial charge in [-0.05, 0) is 36.8 Å². The summed E-state index contributed by atoms with van der Waals surface area (Å²) in [4.78, 5) is 33.9. The molecule has 2 aliphatic heterocycles. The van der Waals surface area contributed by atoms with Gasteiger partial charge in [-0.1, -0.05) is 24.3 Å². The van der Waals surface area contributed by atoms with Crippen LogP contribution in [0.1, 0.15) is 18.5 Å². The van der Waals surface area contributed by atoms with Crippen LogP contribution in [0.2, 0.25) is 0 Å². The normalized spacial score (nSPS) is 21.1. The first-order valence-corrected chi connectivity index (χ1v) is 10.5. The first kappa shape index (κ1) is 21.7. The molecular weight excluding hydrogens is 418 g/mol. The van der Waals surface area contributed by atoms with Crippen molar-refractivity contribution < 1.29 is 23.1 Å². The Morgan fingerprint density at radius 3 is 2.38 bits per heavy atom. The Bertz CT molecular complexity index is 1020. The monoisotopic (exact) mass is 442 g/mol. The van der Waals surface area contributed by atoms with Crippen molar-refractivity contribution in [1.82, 2.24) is 10.2 Å². The average Bonchev–Trinajstić information content (AvgIpc) is 2.79. The highest BCUT2D eigenvalue weighted by atomic mass is 19.1. The summed E-state index contributed by atoms with van der Waals surface area (Å²) >= 11 is 0. The smallest absolute Gasteiger partial charge is 0.321 e. The maximum atomic E-state index is 14.1. The van der Waals surface area contributed by atoms with Gasteiger partial charge in [0.05, 0.1) is 12.3 Å². The number of carbonyl (C=O) groups is 2. The number of carbonyl (C=O) groups excluding carboxylic acids is 2. The number of ether oxygens (including phenoxy) is 1.